The van der Waals surface area contributed by atoms with Gasteiger partial charge in [0, 0.05) is 17.1 Å². The first-order valence-electron chi connectivity index (χ1n) is 13.8. The van der Waals surface area contributed by atoms with Gasteiger partial charge in [-0.25, -0.2) is 0 Å². The molecule has 0 spiro atoms. The lowest BCUT2D eigenvalue weighted by atomic mass is 9.94. The predicted molar refractivity (Wildman–Crippen MR) is 174 cm³/mol. The molecule has 190 valence electrons. The van der Waals surface area contributed by atoms with Gasteiger partial charge in [0.05, 0.1) is 0 Å². The second kappa shape index (κ2) is 10.2. The molecule has 0 atom stereocenters. The fourth-order valence-electron chi connectivity index (χ4n) is 5.67. The Bertz CT molecular complexity index is 1950. The first-order valence-corrected chi connectivity index (χ1v) is 13.8. The van der Waals surface area contributed by atoms with Gasteiger partial charge in [-0.1, -0.05) is 127 Å². The van der Waals surface area contributed by atoms with Crippen molar-refractivity contribution in [3.63, 3.8) is 0 Å². The predicted octanol–water partition coefficient (Wildman–Crippen LogP) is 11.1. The fourth-order valence-corrected chi connectivity index (χ4v) is 5.67. The Balaban J connectivity index is 1.37. The maximum Gasteiger partial charge on any atom is 0.0468 e. The Hall–Kier alpha value is -5.14. The van der Waals surface area contributed by atoms with Crippen molar-refractivity contribution in [1.82, 2.24) is 0 Å². The average molecular weight is 512 g/mol. The normalized spacial score (nSPS) is 11.5. The number of fused-ring (bicyclic) bond motifs is 6. The van der Waals surface area contributed by atoms with Crippen molar-refractivity contribution < 1.29 is 0 Å². The third kappa shape index (κ3) is 4.42. The minimum atomic E-state index is 1.13. The van der Waals surface area contributed by atoms with E-state index in [0.29, 0.717) is 0 Å². The van der Waals surface area contributed by atoms with E-state index in [9.17, 15) is 0 Å². The Labute approximate surface area is 235 Å². The highest BCUT2D eigenvalue weighted by molar-refractivity contribution is 6.25. The monoisotopic (exact) mass is 511 g/mol. The van der Waals surface area contributed by atoms with Gasteiger partial charge in [-0.3, -0.25) is 0 Å². The summed E-state index contributed by atoms with van der Waals surface area (Å²) in [7, 11) is 0. The molecule has 0 saturated heterocycles. The molecule has 7 aromatic rings. The van der Waals surface area contributed by atoms with E-state index in [0.717, 1.165) is 17.1 Å². The third-order valence-corrected chi connectivity index (χ3v) is 7.70. The van der Waals surface area contributed by atoms with E-state index in [-0.39, 0.29) is 0 Å². The Kier molecular flexibility index (Phi) is 6.11. The fraction of sp³-hybridized carbons (Fsp3) is 0.0256. The Morgan fingerprint density at radius 1 is 0.375 bits per heavy atom. The van der Waals surface area contributed by atoms with Gasteiger partial charge in [0.25, 0.3) is 0 Å². The first-order chi connectivity index (χ1) is 19.7. The molecule has 0 aliphatic rings. The molecule has 0 aliphatic heterocycles. The third-order valence-electron chi connectivity index (χ3n) is 7.70. The van der Waals surface area contributed by atoms with E-state index in [1.165, 1.54) is 49.0 Å². The highest BCUT2D eigenvalue weighted by Crippen LogP contribution is 2.40. The summed E-state index contributed by atoms with van der Waals surface area (Å²) >= 11 is 0. The highest BCUT2D eigenvalue weighted by atomic mass is 15.1. The zero-order chi connectivity index (χ0) is 26.9. The van der Waals surface area contributed by atoms with Gasteiger partial charge in [0.2, 0.25) is 0 Å². The molecule has 1 nitrogen and oxygen atoms in total. The molecule has 0 aliphatic carbocycles. The number of hydrogen-bond donors (Lipinski definition) is 0. The lowest BCUT2D eigenvalue weighted by Gasteiger charge is -2.26. The summed E-state index contributed by atoms with van der Waals surface area (Å²) < 4.78 is 0. The van der Waals surface area contributed by atoms with Crippen LogP contribution in [0.2, 0.25) is 0 Å². The van der Waals surface area contributed by atoms with Gasteiger partial charge < -0.3 is 4.90 Å². The molecule has 0 amide bonds. The summed E-state index contributed by atoms with van der Waals surface area (Å²) in [5.74, 6) is 0. The van der Waals surface area contributed by atoms with Crippen molar-refractivity contribution >= 4 is 61.5 Å². The van der Waals surface area contributed by atoms with Crippen LogP contribution in [0.25, 0.3) is 44.5 Å². The number of hydrogen-bond acceptors (Lipinski definition) is 1. The van der Waals surface area contributed by atoms with Crippen molar-refractivity contribution in [2.45, 2.75) is 6.92 Å². The zero-order valence-electron chi connectivity index (χ0n) is 22.5. The molecular weight excluding hydrogens is 482 g/mol. The molecular formula is C39H29N. The van der Waals surface area contributed by atoms with Gasteiger partial charge >= 0.3 is 0 Å². The second-order valence-corrected chi connectivity index (χ2v) is 10.3. The molecule has 0 saturated carbocycles. The van der Waals surface area contributed by atoms with Gasteiger partial charge in [-0.15, -0.1) is 0 Å². The molecule has 0 heterocycles. The zero-order valence-corrected chi connectivity index (χ0v) is 22.5. The molecule has 1 heteroatoms. The SMILES string of the molecule is Cc1ccc(N(c2ccc(C=Cc3ccccc3)cc2)c2ccc3c4ccccc4c4ccccc4c3c2)cc1. The number of rotatable bonds is 5. The van der Waals surface area contributed by atoms with E-state index >= 15 is 0 Å². The van der Waals surface area contributed by atoms with Crippen LogP contribution >= 0.6 is 0 Å². The number of benzene rings is 7. The van der Waals surface area contributed by atoms with E-state index < -0.39 is 0 Å². The van der Waals surface area contributed by atoms with Gasteiger partial charge in [0.15, 0.2) is 0 Å². The minimum absolute atomic E-state index is 1.13. The molecule has 40 heavy (non-hydrogen) atoms. The molecule has 0 fully saturated rings. The van der Waals surface area contributed by atoms with Gasteiger partial charge in [-0.05, 0) is 86.8 Å². The summed E-state index contributed by atoms with van der Waals surface area (Å²) in [6.07, 6.45) is 4.33. The number of aryl methyl sites for hydroxylation is 1. The maximum absolute atomic E-state index is 2.35. The summed E-state index contributed by atoms with van der Waals surface area (Å²) in [6.45, 7) is 2.13. The molecule has 0 aromatic heterocycles. The minimum Gasteiger partial charge on any atom is -0.310 e. The number of nitrogens with zero attached hydrogens (tertiary/aromatic N) is 1. The summed E-state index contributed by atoms with van der Waals surface area (Å²) in [6, 6.07) is 52.4. The molecule has 0 bridgehead atoms. The molecule has 0 radical (unpaired) electrons. The Morgan fingerprint density at radius 2 is 0.800 bits per heavy atom. The second-order valence-electron chi connectivity index (χ2n) is 10.3. The van der Waals surface area contributed by atoms with Crippen LogP contribution in [0.3, 0.4) is 0 Å². The van der Waals surface area contributed by atoms with Crippen LogP contribution in [0.4, 0.5) is 17.1 Å². The van der Waals surface area contributed by atoms with E-state index in [1.54, 1.807) is 0 Å². The Morgan fingerprint density at radius 3 is 1.38 bits per heavy atom. The summed E-state index contributed by atoms with van der Waals surface area (Å²) in [5, 5.41) is 7.71. The quantitative estimate of drug-likeness (QED) is 0.164. The lowest BCUT2D eigenvalue weighted by molar-refractivity contribution is 1.28. The van der Waals surface area contributed by atoms with Crippen molar-refractivity contribution in [3.05, 3.63) is 162 Å². The van der Waals surface area contributed by atoms with E-state index in [1.807, 2.05) is 6.07 Å². The van der Waals surface area contributed by atoms with Crippen LogP contribution in [0, 0.1) is 6.92 Å². The van der Waals surface area contributed by atoms with Gasteiger partial charge in [0.1, 0.15) is 0 Å². The van der Waals surface area contributed by atoms with Crippen molar-refractivity contribution in [1.29, 1.82) is 0 Å². The van der Waals surface area contributed by atoms with Crippen LogP contribution in [0.15, 0.2) is 146 Å². The van der Waals surface area contributed by atoms with Gasteiger partial charge in [-0.2, -0.15) is 0 Å². The van der Waals surface area contributed by atoms with E-state index in [4.69, 9.17) is 0 Å². The maximum atomic E-state index is 2.35. The first kappa shape index (κ1) is 23.9. The molecule has 7 aromatic carbocycles. The van der Waals surface area contributed by atoms with E-state index in [2.05, 4.69) is 164 Å². The summed E-state index contributed by atoms with van der Waals surface area (Å²) in [5.41, 5.74) is 7.04. The molecule has 0 N–H and O–H groups in total. The standard InChI is InChI=1S/C39H29N/c1-28-15-21-31(22-16-28)40(32-23-19-30(20-24-32)18-17-29-9-3-2-4-10-29)33-25-26-38-36-13-6-5-11-34(36)35-12-7-8-14-37(35)39(38)27-33/h2-27H,1H3. The van der Waals surface area contributed by atoms with Crippen molar-refractivity contribution in [3.8, 4) is 0 Å². The lowest BCUT2D eigenvalue weighted by Crippen LogP contribution is -2.10. The van der Waals surface area contributed by atoms with Crippen molar-refractivity contribution in [2.75, 3.05) is 4.90 Å². The van der Waals surface area contributed by atoms with Crippen LogP contribution in [-0.4, -0.2) is 0 Å². The number of anilines is 3. The summed E-state index contributed by atoms with van der Waals surface area (Å²) in [4.78, 5) is 2.35. The highest BCUT2D eigenvalue weighted by Gasteiger charge is 2.15. The molecule has 7 rings (SSSR count). The smallest absolute Gasteiger partial charge is 0.0468 e. The van der Waals surface area contributed by atoms with Crippen LogP contribution in [0.5, 0.6) is 0 Å². The van der Waals surface area contributed by atoms with Crippen molar-refractivity contribution in [2.24, 2.45) is 0 Å². The topological polar surface area (TPSA) is 3.24 Å². The molecule has 0 unspecified atom stereocenters. The largest absolute Gasteiger partial charge is 0.310 e. The van der Waals surface area contributed by atoms with Crippen LogP contribution in [-0.2, 0) is 0 Å². The average Bonchev–Trinajstić information content (AvgIpc) is 3.02. The van der Waals surface area contributed by atoms with Crippen LogP contribution < -0.4 is 4.90 Å². The van der Waals surface area contributed by atoms with Crippen LogP contribution in [0.1, 0.15) is 16.7 Å².